The average Bonchev–Trinajstić information content (AvgIpc) is 4.21. The first-order valence-corrected chi connectivity index (χ1v) is 28.2. The number of hydrogen-bond donors (Lipinski definition) is 1. The molecule has 4 fully saturated rings. The van der Waals surface area contributed by atoms with Gasteiger partial charge in [0.15, 0.2) is 11.3 Å². The van der Waals surface area contributed by atoms with Gasteiger partial charge in [0.25, 0.3) is 20.0 Å². The van der Waals surface area contributed by atoms with Gasteiger partial charge in [0.1, 0.15) is 34.8 Å². The zero-order chi connectivity index (χ0) is 54.8. The van der Waals surface area contributed by atoms with Crippen molar-refractivity contribution in [1.82, 2.24) is 43.0 Å². The number of rotatable bonds is 7. The second-order valence-corrected chi connectivity index (χ2v) is 25.7. The van der Waals surface area contributed by atoms with Gasteiger partial charge < -0.3 is 29.5 Å². The van der Waals surface area contributed by atoms with Crippen LogP contribution in [0.3, 0.4) is 0 Å². The first-order chi connectivity index (χ1) is 35.3. The van der Waals surface area contributed by atoms with Gasteiger partial charge in [0.05, 0.1) is 20.6 Å². The number of hydrogen-bond acceptors (Lipinski definition) is 14. The van der Waals surface area contributed by atoms with Crippen molar-refractivity contribution in [2.75, 3.05) is 45.2 Å². The van der Waals surface area contributed by atoms with Crippen molar-refractivity contribution < 1.29 is 35.9 Å². The van der Waals surface area contributed by atoms with Gasteiger partial charge in [-0.3, -0.25) is 0 Å². The van der Waals surface area contributed by atoms with Crippen LogP contribution in [0.2, 0.25) is 5.15 Å². The Bertz CT molecular complexity index is 3180. The molecule has 4 radical (unpaired) electrons. The van der Waals surface area contributed by atoms with Crippen molar-refractivity contribution >= 4 is 87.2 Å². The van der Waals surface area contributed by atoms with Gasteiger partial charge >= 0.3 is 12.2 Å². The Kier molecular flexibility index (Phi) is 20.1. The number of carbonyl (C=O) groups is 2. The van der Waals surface area contributed by atoms with Crippen molar-refractivity contribution in [2.24, 2.45) is 23.7 Å². The van der Waals surface area contributed by atoms with Gasteiger partial charge in [-0.15, -0.1) is 0 Å². The highest BCUT2D eigenvalue weighted by atomic mass is 35.5. The molecule has 2 saturated heterocycles. The summed E-state index contributed by atoms with van der Waals surface area (Å²) in [6.07, 6.45) is 9.53. The molecule has 0 spiro atoms. The number of ether oxygens (including phenoxy) is 2. The van der Waals surface area contributed by atoms with E-state index in [4.69, 9.17) is 21.1 Å². The third kappa shape index (κ3) is 14.1. The summed E-state index contributed by atoms with van der Waals surface area (Å²) in [6.45, 7) is 18.4. The van der Waals surface area contributed by atoms with E-state index in [1.807, 2.05) is 79.3 Å². The van der Waals surface area contributed by atoms with Crippen LogP contribution in [0.25, 0.3) is 22.1 Å². The van der Waals surface area contributed by atoms with E-state index in [0.717, 1.165) is 41.0 Å². The highest BCUT2D eigenvalue weighted by molar-refractivity contribution is 7.90. The second-order valence-electron chi connectivity index (χ2n) is 21.7. The lowest BCUT2D eigenvalue weighted by molar-refractivity contribution is 0.0269. The van der Waals surface area contributed by atoms with E-state index >= 15 is 0 Å². The fourth-order valence-electron chi connectivity index (χ4n) is 10.4. The van der Waals surface area contributed by atoms with E-state index < -0.39 is 25.6 Å². The molecule has 6 aromatic rings. The monoisotopic (exact) mass is 1110 g/mol. The molecule has 4 aliphatic rings. The maximum Gasteiger partial charge on any atom is 0.410 e. The SMILES string of the molecule is C.C.CNC1C[C@@H]2CN(C(=O)OC(C)(C)C)C[C@@H]2C1.Cc1ccc(S(=O)(=O)n2ccc3c(Cl)ncnc32)cc1.Cc1ccc(S(=O)(=O)n2ccc3c(N(C)C4C[C@@H]5CN(C(=O)OC(C)(C)C)C[C@@H]5C4)ncnc32)cc1.[B][B]. The highest BCUT2D eigenvalue weighted by Crippen LogP contribution is 2.42. The van der Waals surface area contributed by atoms with Crippen LogP contribution in [0.1, 0.15) is 93.2 Å². The van der Waals surface area contributed by atoms with E-state index in [0.29, 0.717) is 65.0 Å². The molecule has 2 aliphatic carbocycles. The van der Waals surface area contributed by atoms with Crippen molar-refractivity contribution in [1.29, 1.82) is 0 Å². The molecule has 2 aliphatic heterocycles. The normalized spacial score (nSPS) is 20.7. The number of nitrogens with one attached hydrogen (secondary N) is 1. The Morgan fingerprint density at radius 3 is 1.40 bits per heavy atom. The lowest BCUT2D eigenvalue weighted by Gasteiger charge is -2.28. The maximum atomic E-state index is 13.3. The Morgan fingerprint density at radius 1 is 0.623 bits per heavy atom. The Hall–Kier alpha value is -5.70. The van der Waals surface area contributed by atoms with Crippen molar-refractivity contribution in [3.63, 3.8) is 0 Å². The predicted octanol–water partition coefficient (Wildman–Crippen LogP) is 9.05. The third-order valence-corrected chi connectivity index (χ3v) is 17.7. The number of aromatic nitrogens is 6. The number of anilines is 1. The van der Waals surface area contributed by atoms with E-state index in [2.05, 4.69) is 45.6 Å². The molecule has 6 atom stereocenters. The van der Waals surface area contributed by atoms with E-state index in [9.17, 15) is 26.4 Å². The smallest absolute Gasteiger partial charge is 0.410 e. The molecule has 2 unspecified atom stereocenters. The topological polar surface area (TPSA) is 204 Å². The number of halogens is 1. The van der Waals surface area contributed by atoms with E-state index in [-0.39, 0.29) is 59.3 Å². The minimum Gasteiger partial charge on any atom is -0.444 e. The van der Waals surface area contributed by atoms with Gasteiger partial charge in [0.2, 0.25) is 0 Å². The average molecular weight is 1110 g/mol. The molecular weight excluding hydrogens is 1040 g/mol. The molecule has 4 aromatic heterocycles. The molecule has 77 heavy (non-hydrogen) atoms. The van der Waals surface area contributed by atoms with Gasteiger partial charge in [-0.25, -0.2) is 54.3 Å². The molecule has 2 amide bonds. The summed E-state index contributed by atoms with van der Waals surface area (Å²) in [5.74, 6) is 2.87. The molecule has 23 heteroatoms. The minimum atomic E-state index is -3.78. The zero-order valence-corrected chi connectivity index (χ0v) is 46.7. The molecule has 2 aromatic carbocycles. The Morgan fingerprint density at radius 2 is 1.00 bits per heavy atom. The summed E-state index contributed by atoms with van der Waals surface area (Å²) in [5, 5.41) is 4.77. The highest BCUT2D eigenvalue weighted by Gasteiger charge is 2.45. The molecule has 414 valence electrons. The largest absolute Gasteiger partial charge is 0.444 e. The molecular formula is C54H75B2ClN10O8S2. The fourth-order valence-corrected chi connectivity index (χ4v) is 13.2. The lowest BCUT2D eigenvalue weighted by atomic mass is 9.81. The zero-order valence-electron chi connectivity index (χ0n) is 44.3. The van der Waals surface area contributed by atoms with Crippen LogP contribution in [0.15, 0.2) is 95.5 Å². The molecule has 0 bridgehead atoms. The minimum absolute atomic E-state index is 0. The number of carbonyl (C=O) groups excluding carboxylic acids is 2. The quantitative estimate of drug-likeness (QED) is 0.117. The first-order valence-electron chi connectivity index (χ1n) is 25.0. The molecule has 10 rings (SSSR count). The number of likely N-dealkylation sites (tertiary alicyclic amines) is 2. The summed E-state index contributed by atoms with van der Waals surface area (Å²) in [6, 6.07) is 17.7. The standard InChI is InChI=1S/C26H33N5O4S.C13H10ClN3O2S.C13H24N2O2.2CH4.B2/c1-17-6-8-21(9-7-17)36(33,34)31-11-10-22-23(27-16-28-24(22)31)29(5)20-12-18-14-30(15-19(18)13-20)25(32)35-26(2,3)4;1-9-2-4-10(5-3-9)20(18,19)17-7-6-11-12(14)15-8-16-13(11)17;1-13(2,3)17-12(16)15-7-9-5-11(14-4)6-10(9)8-15;;;1-2/h6-11,16,18-20H,12-15H2,1-5H3;2-8H,1H3;9-11,14H,5-8H2,1-4H3;2*1H4;/t18-,19+,20?;;9-,10+,11?;;;. The van der Waals surface area contributed by atoms with Crippen molar-refractivity contribution in [3.8, 4) is 0 Å². The summed E-state index contributed by atoms with van der Waals surface area (Å²) < 4.78 is 65.1. The Labute approximate surface area is 463 Å². The maximum absolute atomic E-state index is 13.3. The number of fused-ring (bicyclic) bond motifs is 4. The number of amides is 2. The summed E-state index contributed by atoms with van der Waals surface area (Å²) in [5.41, 5.74) is 1.73. The molecule has 18 nitrogen and oxygen atoms in total. The molecule has 1 N–H and O–H groups in total. The molecule has 6 heterocycles. The third-order valence-electron chi connectivity index (χ3n) is 14.1. The van der Waals surface area contributed by atoms with Crippen LogP contribution in [-0.2, 0) is 29.5 Å². The van der Waals surface area contributed by atoms with Gasteiger partial charge in [0, 0.05) is 73.2 Å². The number of benzene rings is 2. The number of aryl methyl sites for hydroxylation is 2. The number of nitrogens with zero attached hydrogens (tertiary/aromatic N) is 9. The van der Waals surface area contributed by atoms with Crippen LogP contribution >= 0.6 is 11.6 Å². The summed E-state index contributed by atoms with van der Waals surface area (Å²) >= 11 is 5.93. The second kappa shape index (κ2) is 25.0. The first kappa shape index (κ1) is 62.1. The van der Waals surface area contributed by atoms with Crippen molar-refractivity contribution in [2.45, 2.75) is 129 Å². The van der Waals surface area contributed by atoms with E-state index in [1.165, 1.54) is 35.7 Å². The van der Waals surface area contributed by atoms with E-state index in [1.54, 1.807) is 66.9 Å². The van der Waals surface area contributed by atoms with Crippen LogP contribution in [0.4, 0.5) is 15.4 Å². The Balaban J connectivity index is 0.000000226. The van der Waals surface area contributed by atoms with Crippen LogP contribution < -0.4 is 10.2 Å². The fraction of sp³-hybridized carbons (Fsp3) is 0.519. The predicted molar refractivity (Wildman–Crippen MR) is 306 cm³/mol. The van der Waals surface area contributed by atoms with Crippen LogP contribution in [0, 0.1) is 37.5 Å². The van der Waals surface area contributed by atoms with Gasteiger partial charge in [-0.05, 0) is 148 Å². The molecule has 2 saturated carbocycles. The summed E-state index contributed by atoms with van der Waals surface area (Å²) in [4.78, 5) is 47.4. The summed E-state index contributed by atoms with van der Waals surface area (Å²) in [7, 11) is 4.56. The van der Waals surface area contributed by atoms with Gasteiger partial charge in [-0.2, -0.15) is 0 Å². The van der Waals surface area contributed by atoms with Gasteiger partial charge in [-0.1, -0.05) is 61.8 Å². The lowest BCUT2D eigenvalue weighted by Crippen LogP contribution is -2.37. The van der Waals surface area contributed by atoms with Crippen LogP contribution in [-0.4, -0.2) is 146 Å². The van der Waals surface area contributed by atoms with Crippen LogP contribution in [0.5, 0.6) is 0 Å². The van der Waals surface area contributed by atoms with Crippen molar-refractivity contribution in [3.05, 3.63) is 102 Å².